The average molecular weight is 318 g/mol. The zero-order valence-electron chi connectivity index (χ0n) is 14.2. The van der Waals surface area contributed by atoms with Gasteiger partial charge in [0.15, 0.2) is 5.78 Å². The van der Waals surface area contributed by atoms with E-state index in [0.717, 1.165) is 31.6 Å². The lowest BCUT2D eigenvalue weighted by atomic mass is 9.75. The smallest absolute Gasteiger partial charge is 0.159 e. The van der Waals surface area contributed by atoms with Crippen LogP contribution in [-0.4, -0.2) is 18.9 Å². The van der Waals surface area contributed by atoms with E-state index in [-0.39, 0.29) is 11.2 Å². The third-order valence-electron chi connectivity index (χ3n) is 5.03. The van der Waals surface area contributed by atoms with Crippen molar-refractivity contribution in [1.82, 2.24) is 0 Å². The molecular formula is C21H22N2O. The lowest BCUT2D eigenvalue weighted by molar-refractivity contribution is 0.101. The Morgan fingerprint density at radius 1 is 1.21 bits per heavy atom. The van der Waals surface area contributed by atoms with E-state index >= 15 is 0 Å². The van der Waals surface area contributed by atoms with Gasteiger partial charge in [-0.3, -0.25) is 4.79 Å². The predicted molar refractivity (Wildman–Crippen MR) is 96.4 cm³/mol. The summed E-state index contributed by atoms with van der Waals surface area (Å²) in [5.74, 6) is 0.0311. The van der Waals surface area contributed by atoms with Crippen molar-refractivity contribution in [3.63, 3.8) is 0 Å². The second-order valence-electron chi connectivity index (χ2n) is 6.85. The van der Waals surface area contributed by atoms with Gasteiger partial charge in [0, 0.05) is 24.1 Å². The van der Waals surface area contributed by atoms with Gasteiger partial charge in [-0.2, -0.15) is 5.26 Å². The number of ketones is 1. The van der Waals surface area contributed by atoms with Gasteiger partial charge in [0.2, 0.25) is 0 Å². The van der Waals surface area contributed by atoms with E-state index in [9.17, 15) is 10.1 Å². The maximum Gasteiger partial charge on any atom is 0.159 e. The van der Waals surface area contributed by atoms with Gasteiger partial charge in [-0.1, -0.05) is 37.3 Å². The number of nitrogens with zero attached hydrogens (tertiary/aromatic N) is 2. The maximum absolute atomic E-state index is 11.7. The fourth-order valence-electron chi connectivity index (χ4n) is 3.63. The number of carbonyl (C=O) groups is 1. The standard InChI is InChI=1S/C21H22N2O/c1-16(24)17-9-10-18(14-22)20(13-17)23-12-6-11-21(2,15-23)19-7-4-3-5-8-19/h3-5,7-10,13H,6,11-12,15H2,1-2H3. The molecule has 1 heterocycles. The summed E-state index contributed by atoms with van der Waals surface area (Å²) in [7, 11) is 0. The molecule has 0 amide bonds. The van der Waals surface area contributed by atoms with Crippen LogP contribution < -0.4 is 4.90 Å². The average Bonchev–Trinajstić information content (AvgIpc) is 2.62. The molecule has 1 fully saturated rings. The van der Waals surface area contributed by atoms with Gasteiger partial charge < -0.3 is 4.90 Å². The summed E-state index contributed by atoms with van der Waals surface area (Å²) in [6.07, 6.45) is 2.20. The van der Waals surface area contributed by atoms with Gasteiger partial charge in [-0.15, -0.1) is 0 Å². The SMILES string of the molecule is CC(=O)c1ccc(C#N)c(N2CCCC(C)(c3ccccc3)C2)c1. The Bertz CT molecular complexity index is 791. The highest BCUT2D eigenvalue weighted by molar-refractivity contribution is 5.95. The molecule has 2 aromatic rings. The number of anilines is 1. The van der Waals surface area contributed by atoms with E-state index in [2.05, 4.69) is 42.2 Å². The molecule has 1 atom stereocenters. The van der Waals surface area contributed by atoms with Crippen LogP contribution >= 0.6 is 0 Å². The Balaban J connectivity index is 1.97. The quantitative estimate of drug-likeness (QED) is 0.792. The topological polar surface area (TPSA) is 44.1 Å². The van der Waals surface area contributed by atoms with Gasteiger partial charge in [-0.05, 0) is 43.5 Å². The minimum atomic E-state index is 0.0311. The van der Waals surface area contributed by atoms with Crippen molar-refractivity contribution in [2.75, 3.05) is 18.0 Å². The van der Waals surface area contributed by atoms with Crippen molar-refractivity contribution in [3.8, 4) is 6.07 Å². The molecule has 0 bridgehead atoms. The lowest BCUT2D eigenvalue weighted by Crippen LogP contribution is -2.44. The Hall–Kier alpha value is -2.60. The van der Waals surface area contributed by atoms with Gasteiger partial charge in [0.25, 0.3) is 0 Å². The molecule has 3 nitrogen and oxygen atoms in total. The van der Waals surface area contributed by atoms with Crippen LogP contribution in [0.4, 0.5) is 5.69 Å². The molecule has 3 heteroatoms. The summed E-state index contributed by atoms with van der Waals surface area (Å²) in [5, 5.41) is 9.46. The fourth-order valence-corrected chi connectivity index (χ4v) is 3.63. The molecule has 0 N–H and O–H groups in total. The highest BCUT2D eigenvalue weighted by Gasteiger charge is 2.33. The van der Waals surface area contributed by atoms with Crippen LogP contribution in [0.3, 0.4) is 0 Å². The molecule has 1 unspecified atom stereocenters. The number of rotatable bonds is 3. The second-order valence-corrected chi connectivity index (χ2v) is 6.85. The molecule has 1 saturated heterocycles. The third-order valence-corrected chi connectivity index (χ3v) is 5.03. The first kappa shape index (κ1) is 16.3. The summed E-state index contributed by atoms with van der Waals surface area (Å²) in [6.45, 7) is 5.62. The van der Waals surface area contributed by atoms with Crippen LogP contribution in [0, 0.1) is 11.3 Å². The molecule has 0 aliphatic carbocycles. The van der Waals surface area contributed by atoms with Gasteiger partial charge in [-0.25, -0.2) is 0 Å². The van der Waals surface area contributed by atoms with Crippen molar-refractivity contribution in [2.45, 2.75) is 32.1 Å². The minimum Gasteiger partial charge on any atom is -0.370 e. The van der Waals surface area contributed by atoms with Crippen LogP contribution in [0.15, 0.2) is 48.5 Å². The summed E-state index contributed by atoms with van der Waals surface area (Å²) in [5.41, 5.74) is 3.56. The maximum atomic E-state index is 11.7. The molecule has 1 aliphatic heterocycles. The van der Waals surface area contributed by atoms with Crippen LogP contribution in [0.25, 0.3) is 0 Å². The van der Waals surface area contributed by atoms with E-state index in [4.69, 9.17) is 0 Å². The Labute approximate surface area is 143 Å². The van der Waals surface area contributed by atoms with E-state index in [1.807, 2.05) is 12.1 Å². The van der Waals surface area contributed by atoms with Crippen LogP contribution in [-0.2, 0) is 5.41 Å². The first-order valence-corrected chi connectivity index (χ1v) is 8.39. The number of Topliss-reactive ketones (excluding diaryl/α,β-unsaturated/α-hetero) is 1. The monoisotopic (exact) mass is 318 g/mol. The number of carbonyl (C=O) groups excluding carboxylic acids is 1. The number of benzene rings is 2. The minimum absolute atomic E-state index is 0.0311. The van der Waals surface area contributed by atoms with Crippen LogP contribution in [0.2, 0.25) is 0 Å². The van der Waals surface area contributed by atoms with Crippen molar-refractivity contribution in [3.05, 3.63) is 65.2 Å². The summed E-state index contributed by atoms with van der Waals surface area (Å²) < 4.78 is 0. The normalized spacial score (nSPS) is 20.5. The fraction of sp³-hybridized carbons (Fsp3) is 0.333. The van der Waals surface area contributed by atoms with Crippen LogP contribution in [0.1, 0.15) is 48.2 Å². The molecule has 122 valence electrons. The Morgan fingerprint density at radius 3 is 2.62 bits per heavy atom. The zero-order chi connectivity index (χ0) is 17.2. The van der Waals surface area contributed by atoms with Gasteiger partial charge in [0.1, 0.15) is 6.07 Å². The summed E-state index contributed by atoms with van der Waals surface area (Å²) >= 11 is 0. The van der Waals surface area contributed by atoms with Crippen molar-refractivity contribution < 1.29 is 4.79 Å². The molecule has 0 aromatic heterocycles. The van der Waals surface area contributed by atoms with E-state index < -0.39 is 0 Å². The number of hydrogen-bond acceptors (Lipinski definition) is 3. The van der Waals surface area contributed by atoms with Gasteiger partial charge in [0.05, 0.1) is 11.3 Å². The van der Waals surface area contributed by atoms with E-state index in [1.165, 1.54) is 5.56 Å². The molecule has 3 rings (SSSR count). The predicted octanol–water partition coefficient (Wildman–Crippen LogP) is 4.32. The molecule has 0 saturated carbocycles. The molecule has 2 aromatic carbocycles. The molecule has 0 spiro atoms. The van der Waals surface area contributed by atoms with Gasteiger partial charge >= 0.3 is 0 Å². The molecule has 0 radical (unpaired) electrons. The highest BCUT2D eigenvalue weighted by atomic mass is 16.1. The van der Waals surface area contributed by atoms with Crippen molar-refractivity contribution in [1.29, 1.82) is 5.26 Å². The largest absolute Gasteiger partial charge is 0.370 e. The Kier molecular flexibility index (Phi) is 4.40. The summed E-state index contributed by atoms with van der Waals surface area (Å²) in [6, 6.07) is 18.2. The number of piperidine rings is 1. The first-order chi connectivity index (χ1) is 11.5. The highest BCUT2D eigenvalue weighted by Crippen LogP contribution is 2.36. The number of hydrogen-bond donors (Lipinski definition) is 0. The Morgan fingerprint density at radius 2 is 1.96 bits per heavy atom. The third kappa shape index (κ3) is 3.05. The van der Waals surface area contributed by atoms with E-state index in [1.54, 1.807) is 19.1 Å². The van der Waals surface area contributed by atoms with Crippen LogP contribution in [0.5, 0.6) is 0 Å². The lowest BCUT2D eigenvalue weighted by Gasteiger charge is -2.42. The molecule has 24 heavy (non-hydrogen) atoms. The van der Waals surface area contributed by atoms with Crippen molar-refractivity contribution in [2.24, 2.45) is 0 Å². The first-order valence-electron chi connectivity index (χ1n) is 8.39. The summed E-state index contributed by atoms with van der Waals surface area (Å²) in [4.78, 5) is 14.0. The van der Waals surface area contributed by atoms with E-state index in [0.29, 0.717) is 11.1 Å². The second kappa shape index (κ2) is 6.49. The molecule has 1 aliphatic rings. The molecular weight excluding hydrogens is 296 g/mol. The zero-order valence-corrected chi connectivity index (χ0v) is 14.2. The van der Waals surface area contributed by atoms with Crippen molar-refractivity contribution >= 4 is 11.5 Å². The number of nitriles is 1.